The van der Waals surface area contributed by atoms with E-state index in [2.05, 4.69) is 20.7 Å². The molecule has 5 rings (SSSR count). The number of para-hydroxylation sites is 2. The third kappa shape index (κ3) is 5.45. The Balaban J connectivity index is 1.54. The van der Waals surface area contributed by atoms with Gasteiger partial charge in [0.25, 0.3) is 11.6 Å². The molecule has 0 bridgehead atoms. The van der Waals surface area contributed by atoms with Crippen molar-refractivity contribution in [1.29, 1.82) is 0 Å². The van der Waals surface area contributed by atoms with Gasteiger partial charge in [0.2, 0.25) is 11.1 Å². The number of nitro groups is 1. The molecule has 4 aromatic rings. The maximum absolute atomic E-state index is 13.7. The first-order chi connectivity index (χ1) is 18.9. The van der Waals surface area contributed by atoms with E-state index >= 15 is 0 Å². The first kappa shape index (κ1) is 26.3. The van der Waals surface area contributed by atoms with Gasteiger partial charge in [-0.05, 0) is 36.2 Å². The Bertz CT molecular complexity index is 1600. The Morgan fingerprint density at radius 3 is 2.72 bits per heavy atom. The Kier molecular flexibility index (Phi) is 7.53. The lowest BCUT2D eigenvalue weighted by molar-refractivity contribution is -0.384. The largest absolute Gasteiger partial charge is 0.495 e. The number of aromatic nitrogens is 3. The van der Waals surface area contributed by atoms with Crippen molar-refractivity contribution < 1.29 is 14.5 Å². The number of amides is 1. The molecule has 12 heteroatoms. The number of halogens is 1. The average molecular weight is 563 g/mol. The second-order valence-corrected chi connectivity index (χ2v) is 9.97. The lowest BCUT2D eigenvalue weighted by Gasteiger charge is -2.28. The van der Waals surface area contributed by atoms with Crippen LogP contribution in [0.5, 0.6) is 5.75 Å². The van der Waals surface area contributed by atoms with Gasteiger partial charge in [0, 0.05) is 28.6 Å². The molecule has 1 unspecified atom stereocenters. The van der Waals surface area contributed by atoms with Gasteiger partial charge in [0.15, 0.2) is 0 Å². The van der Waals surface area contributed by atoms with Crippen LogP contribution in [0.4, 0.5) is 17.3 Å². The van der Waals surface area contributed by atoms with Crippen LogP contribution in [-0.4, -0.2) is 32.7 Å². The zero-order chi connectivity index (χ0) is 27.5. The number of rotatable bonds is 8. The molecule has 1 atom stereocenters. The molecule has 0 fully saturated rings. The first-order valence-electron chi connectivity index (χ1n) is 11.8. The highest BCUT2D eigenvalue weighted by Crippen LogP contribution is 2.38. The number of carbonyl (C=O) groups is 1. The van der Waals surface area contributed by atoms with E-state index in [1.54, 1.807) is 48.0 Å². The molecule has 0 aliphatic carbocycles. The summed E-state index contributed by atoms with van der Waals surface area (Å²) in [6, 6.07) is 20.0. The van der Waals surface area contributed by atoms with E-state index in [0.29, 0.717) is 50.2 Å². The van der Waals surface area contributed by atoms with E-state index in [4.69, 9.17) is 16.3 Å². The number of allylic oxidation sites excluding steroid dienone is 1. The standard InChI is InChI=1S/C27H23ClN6O4S/c1-16-23(25(35)30-21-12-5-6-13-22(21)38-2)24(17-9-7-10-19(14-17)34(36)37)33-26(29-16)31-27(32-33)39-15-18-8-3-4-11-20(18)28/h3-14,24H,15H2,1-2H3,(H,30,35)(H,29,31,32). The maximum Gasteiger partial charge on any atom is 0.269 e. The van der Waals surface area contributed by atoms with Crippen molar-refractivity contribution in [2.24, 2.45) is 0 Å². The van der Waals surface area contributed by atoms with Crippen LogP contribution in [0.25, 0.3) is 0 Å². The molecule has 0 spiro atoms. The molecule has 2 heterocycles. The number of nitrogens with zero attached hydrogens (tertiary/aromatic N) is 4. The van der Waals surface area contributed by atoms with Gasteiger partial charge in [-0.2, -0.15) is 4.98 Å². The van der Waals surface area contributed by atoms with Gasteiger partial charge in [-0.15, -0.1) is 5.10 Å². The van der Waals surface area contributed by atoms with Gasteiger partial charge in [0.05, 0.1) is 23.3 Å². The highest BCUT2D eigenvalue weighted by Gasteiger charge is 2.35. The Labute approximate surface area is 233 Å². The molecule has 0 saturated carbocycles. The fourth-order valence-electron chi connectivity index (χ4n) is 4.30. The molecule has 3 aromatic carbocycles. The Morgan fingerprint density at radius 2 is 1.95 bits per heavy atom. The molecular formula is C27H23ClN6O4S. The summed E-state index contributed by atoms with van der Waals surface area (Å²) in [6.45, 7) is 1.76. The minimum atomic E-state index is -0.780. The number of carbonyl (C=O) groups excluding carboxylic acids is 1. The predicted octanol–water partition coefficient (Wildman–Crippen LogP) is 6.07. The zero-order valence-corrected chi connectivity index (χ0v) is 22.5. The number of nitro benzene ring substituents is 1. The molecule has 1 aliphatic heterocycles. The molecule has 198 valence electrons. The third-order valence-electron chi connectivity index (χ3n) is 6.14. The van der Waals surface area contributed by atoms with Crippen molar-refractivity contribution in [2.45, 2.75) is 23.9 Å². The molecule has 1 amide bonds. The number of thioether (sulfide) groups is 1. The number of anilines is 2. The highest BCUT2D eigenvalue weighted by atomic mass is 35.5. The highest BCUT2D eigenvalue weighted by molar-refractivity contribution is 7.98. The van der Waals surface area contributed by atoms with E-state index in [9.17, 15) is 14.9 Å². The number of ether oxygens (including phenoxy) is 1. The zero-order valence-electron chi connectivity index (χ0n) is 20.9. The van der Waals surface area contributed by atoms with E-state index in [-0.39, 0.29) is 5.69 Å². The van der Waals surface area contributed by atoms with Crippen LogP contribution in [0.3, 0.4) is 0 Å². The van der Waals surface area contributed by atoms with E-state index in [0.717, 1.165) is 5.56 Å². The summed E-state index contributed by atoms with van der Waals surface area (Å²) in [5, 5.41) is 23.5. The minimum absolute atomic E-state index is 0.0943. The van der Waals surface area contributed by atoms with Crippen LogP contribution >= 0.6 is 23.4 Å². The van der Waals surface area contributed by atoms with Crippen LogP contribution in [0.1, 0.15) is 24.1 Å². The predicted molar refractivity (Wildman–Crippen MR) is 150 cm³/mol. The number of methoxy groups -OCH3 is 1. The van der Waals surface area contributed by atoms with Gasteiger partial charge >= 0.3 is 0 Å². The summed E-state index contributed by atoms with van der Waals surface area (Å²) in [5.41, 5.74) is 2.73. The average Bonchev–Trinajstić information content (AvgIpc) is 3.34. The van der Waals surface area contributed by atoms with Gasteiger partial charge in [-0.25, -0.2) is 4.68 Å². The van der Waals surface area contributed by atoms with Crippen LogP contribution in [0.2, 0.25) is 5.02 Å². The molecule has 0 radical (unpaired) electrons. The van der Waals surface area contributed by atoms with E-state index in [1.165, 1.54) is 31.0 Å². The van der Waals surface area contributed by atoms with Crippen LogP contribution in [-0.2, 0) is 10.5 Å². The molecule has 10 nitrogen and oxygen atoms in total. The third-order valence-corrected chi connectivity index (χ3v) is 7.40. The topological polar surface area (TPSA) is 124 Å². The summed E-state index contributed by atoms with van der Waals surface area (Å²) in [5.74, 6) is 1.05. The van der Waals surface area contributed by atoms with Crippen LogP contribution < -0.4 is 15.4 Å². The number of hydrogen-bond acceptors (Lipinski definition) is 8. The molecule has 1 aromatic heterocycles. The summed E-state index contributed by atoms with van der Waals surface area (Å²) >= 11 is 7.70. The van der Waals surface area contributed by atoms with Crippen LogP contribution in [0, 0.1) is 10.1 Å². The monoisotopic (exact) mass is 562 g/mol. The summed E-state index contributed by atoms with van der Waals surface area (Å²) in [6.07, 6.45) is 0. The van der Waals surface area contributed by atoms with Gasteiger partial charge in [0.1, 0.15) is 11.8 Å². The van der Waals surface area contributed by atoms with Crippen LogP contribution in [0.15, 0.2) is 89.2 Å². The fraction of sp³-hybridized carbons (Fsp3) is 0.148. The van der Waals surface area contributed by atoms with E-state index in [1.807, 2.05) is 24.3 Å². The van der Waals surface area contributed by atoms with E-state index < -0.39 is 16.9 Å². The van der Waals surface area contributed by atoms with Gasteiger partial charge < -0.3 is 15.4 Å². The molecule has 39 heavy (non-hydrogen) atoms. The second kappa shape index (κ2) is 11.2. The minimum Gasteiger partial charge on any atom is -0.495 e. The number of nitrogens with one attached hydrogen (secondary N) is 2. The maximum atomic E-state index is 13.7. The van der Waals surface area contributed by atoms with Crippen molar-refractivity contribution >= 4 is 46.6 Å². The molecule has 0 saturated heterocycles. The van der Waals surface area contributed by atoms with Crippen molar-refractivity contribution in [2.75, 3.05) is 17.7 Å². The van der Waals surface area contributed by atoms with Crippen molar-refractivity contribution in [3.05, 3.63) is 110 Å². The normalized spacial score (nSPS) is 14.4. The second-order valence-electron chi connectivity index (χ2n) is 8.62. The lowest BCUT2D eigenvalue weighted by Crippen LogP contribution is -2.31. The number of fused-ring (bicyclic) bond motifs is 1. The van der Waals surface area contributed by atoms with Crippen molar-refractivity contribution in [3.8, 4) is 5.75 Å². The quantitative estimate of drug-likeness (QED) is 0.151. The van der Waals surface area contributed by atoms with Crippen molar-refractivity contribution in [3.63, 3.8) is 0 Å². The smallest absolute Gasteiger partial charge is 0.269 e. The fourth-order valence-corrected chi connectivity index (χ4v) is 5.41. The van der Waals surface area contributed by atoms with Gasteiger partial charge in [-0.3, -0.25) is 14.9 Å². The Hall–Kier alpha value is -4.35. The number of hydrogen-bond donors (Lipinski definition) is 2. The first-order valence-corrected chi connectivity index (χ1v) is 13.2. The van der Waals surface area contributed by atoms with Gasteiger partial charge in [-0.1, -0.05) is 65.8 Å². The molecule has 1 aliphatic rings. The number of benzene rings is 3. The lowest BCUT2D eigenvalue weighted by atomic mass is 9.94. The van der Waals surface area contributed by atoms with Crippen molar-refractivity contribution in [1.82, 2.24) is 14.8 Å². The summed E-state index contributed by atoms with van der Waals surface area (Å²) in [4.78, 5) is 29.5. The number of non-ortho nitro benzene ring substituents is 1. The molecular weight excluding hydrogens is 540 g/mol. The summed E-state index contributed by atoms with van der Waals surface area (Å²) < 4.78 is 6.97. The molecule has 2 N–H and O–H groups in total. The SMILES string of the molecule is COc1ccccc1NC(=O)C1=C(C)Nc2nc(SCc3ccccc3Cl)nn2C1c1cccc([N+](=O)[O-])c1. The summed E-state index contributed by atoms with van der Waals surface area (Å²) in [7, 11) is 1.52. The Morgan fingerprint density at radius 1 is 1.18 bits per heavy atom.